The minimum absolute atomic E-state index is 0.235. The van der Waals surface area contributed by atoms with Crippen molar-refractivity contribution in [2.24, 2.45) is 0 Å². The molecule has 2 rings (SSSR count). The molecule has 4 heteroatoms. The summed E-state index contributed by atoms with van der Waals surface area (Å²) in [5.41, 5.74) is 1.69. The fourth-order valence-corrected chi connectivity index (χ4v) is 1.70. The highest BCUT2D eigenvalue weighted by Gasteiger charge is 2.06. The largest absolute Gasteiger partial charge is 0.378 e. The van der Waals surface area contributed by atoms with Gasteiger partial charge in [-0.1, -0.05) is 18.2 Å². The Kier molecular flexibility index (Phi) is 3.55. The van der Waals surface area contributed by atoms with Crippen molar-refractivity contribution < 1.29 is 13.2 Å². The quantitative estimate of drug-likeness (QED) is 0.868. The number of halogens is 3. The van der Waals surface area contributed by atoms with E-state index in [0.29, 0.717) is 11.3 Å². The zero-order valence-corrected chi connectivity index (χ0v) is 9.81. The summed E-state index contributed by atoms with van der Waals surface area (Å²) in [4.78, 5) is 0. The third-order valence-corrected chi connectivity index (χ3v) is 2.68. The van der Waals surface area contributed by atoms with Crippen molar-refractivity contribution in [3.05, 3.63) is 65.0 Å². The van der Waals surface area contributed by atoms with E-state index in [0.717, 1.165) is 17.7 Å². The highest BCUT2D eigenvalue weighted by atomic mass is 19.2. The molecule has 18 heavy (non-hydrogen) atoms. The Hall–Kier alpha value is -1.97. The second kappa shape index (κ2) is 5.12. The molecule has 0 bridgehead atoms. The second-order valence-electron chi connectivity index (χ2n) is 4.03. The Morgan fingerprint density at radius 1 is 0.944 bits per heavy atom. The first kappa shape index (κ1) is 12.5. The van der Waals surface area contributed by atoms with E-state index >= 15 is 0 Å². The van der Waals surface area contributed by atoms with Crippen LogP contribution in [0.5, 0.6) is 0 Å². The van der Waals surface area contributed by atoms with Crippen LogP contribution in [0, 0.1) is 24.4 Å². The lowest BCUT2D eigenvalue weighted by Crippen LogP contribution is -2.04. The molecule has 0 spiro atoms. The van der Waals surface area contributed by atoms with Crippen molar-refractivity contribution in [2.45, 2.75) is 13.5 Å². The molecule has 0 atom stereocenters. The first-order valence-electron chi connectivity index (χ1n) is 5.51. The highest BCUT2D eigenvalue weighted by Crippen LogP contribution is 2.20. The number of rotatable bonds is 3. The first-order valence-corrected chi connectivity index (χ1v) is 5.51. The lowest BCUT2D eigenvalue weighted by molar-refractivity contribution is 0.507. The van der Waals surface area contributed by atoms with Gasteiger partial charge in [0.25, 0.3) is 0 Å². The zero-order chi connectivity index (χ0) is 13.1. The molecule has 0 saturated heterocycles. The molecule has 94 valence electrons. The highest BCUT2D eigenvalue weighted by molar-refractivity contribution is 5.52. The van der Waals surface area contributed by atoms with Crippen molar-refractivity contribution in [1.29, 1.82) is 0 Å². The van der Waals surface area contributed by atoms with Gasteiger partial charge in [0.2, 0.25) is 0 Å². The molecule has 0 amide bonds. The maximum atomic E-state index is 13.5. The van der Waals surface area contributed by atoms with Gasteiger partial charge in [0.15, 0.2) is 11.6 Å². The van der Waals surface area contributed by atoms with Crippen LogP contribution in [-0.4, -0.2) is 0 Å². The molecule has 0 fully saturated rings. The van der Waals surface area contributed by atoms with E-state index in [1.54, 1.807) is 19.1 Å². The number of benzene rings is 2. The van der Waals surface area contributed by atoms with E-state index < -0.39 is 11.6 Å². The minimum atomic E-state index is -0.903. The van der Waals surface area contributed by atoms with Crippen LogP contribution in [-0.2, 0) is 6.54 Å². The van der Waals surface area contributed by atoms with Gasteiger partial charge >= 0.3 is 0 Å². The summed E-state index contributed by atoms with van der Waals surface area (Å²) >= 11 is 0. The molecule has 1 nitrogen and oxygen atoms in total. The maximum Gasteiger partial charge on any atom is 0.159 e. The maximum absolute atomic E-state index is 13.5. The number of anilines is 1. The third kappa shape index (κ3) is 2.64. The lowest BCUT2D eigenvalue weighted by Gasteiger charge is -2.10. The Bertz CT molecular complexity index is 547. The van der Waals surface area contributed by atoms with Gasteiger partial charge in [-0.2, -0.15) is 0 Å². The van der Waals surface area contributed by atoms with Crippen LogP contribution in [0.25, 0.3) is 0 Å². The number of nitrogens with one attached hydrogen (secondary N) is 1. The molecule has 0 heterocycles. The van der Waals surface area contributed by atoms with Crippen LogP contribution in [0.1, 0.15) is 11.1 Å². The molecular formula is C14H12F3N. The van der Waals surface area contributed by atoms with Crippen molar-refractivity contribution in [1.82, 2.24) is 0 Å². The van der Waals surface area contributed by atoms with E-state index in [1.165, 1.54) is 12.1 Å². The van der Waals surface area contributed by atoms with Crippen LogP contribution in [0.4, 0.5) is 18.9 Å². The molecule has 0 aromatic heterocycles. The second-order valence-corrected chi connectivity index (χ2v) is 4.03. The minimum Gasteiger partial charge on any atom is -0.378 e. The van der Waals surface area contributed by atoms with Crippen LogP contribution >= 0.6 is 0 Å². The van der Waals surface area contributed by atoms with Crippen LogP contribution in [0.2, 0.25) is 0 Å². The fourth-order valence-electron chi connectivity index (χ4n) is 1.70. The van der Waals surface area contributed by atoms with Gasteiger partial charge in [0.1, 0.15) is 5.82 Å². The molecule has 0 aliphatic carbocycles. The summed E-state index contributed by atoms with van der Waals surface area (Å²) in [5.74, 6) is -2.15. The van der Waals surface area contributed by atoms with Crippen LogP contribution in [0.15, 0.2) is 36.4 Å². The van der Waals surface area contributed by atoms with Gasteiger partial charge < -0.3 is 5.32 Å². The summed E-state index contributed by atoms with van der Waals surface area (Å²) in [6, 6.07) is 8.35. The molecule has 2 aromatic rings. The topological polar surface area (TPSA) is 12.0 Å². The Balaban J connectivity index is 2.14. The SMILES string of the molecule is Cc1cccc(F)c1NCc1ccc(F)c(F)c1. The Labute approximate surface area is 103 Å². The number of hydrogen-bond donors (Lipinski definition) is 1. The van der Waals surface area contributed by atoms with E-state index in [2.05, 4.69) is 5.32 Å². The number of aryl methyl sites for hydroxylation is 1. The van der Waals surface area contributed by atoms with Gasteiger partial charge in [-0.15, -0.1) is 0 Å². The summed E-state index contributed by atoms with van der Waals surface area (Å²) in [6.45, 7) is 2.01. The summed E-state index contributed by atoms with van der Waals surface area (Å²) in [7, 11) is 0. The molecule has 0 radical (unpaired) electrons. The zero-order valence-electron chi connectivity index (χ0n) is 9.81. The van der Waals surface area contributed by atoms with E-state index in [9.17, 15) is 13.2 Å². The molecular weight excluding hydrogens is 239 g/mol. The third-order valence-electron chi connectivity index (χ3n) is 2.68. The van der Waals surface area contributed by atoms with Crippen molar-refractivity contribution in [2.75, 3.05) is 5.32 Å². The lowest BCUT2D eigenvalue weighted by atomic mass is 10.1. The normalized spacial score (nSPS) is 10.4. The van der Waals surface area contributed by atoms with Crippen molar-refractivity contribution in [3.63, 3.8) is 0 Å². The molecule has 2 aromatic carbocycles. The number of para-hydroxylation sites is 1. The predicted molar refractivity (Wildman–Crippen MR) is 64.8 cm³/mol. The molecule has 0 unspecified atom stereocenters. The van der Waals surface area contributed by atoms with Gasteiger partial charge in [-0.3, -0.25) is 0 Å². The summed E-state index contributed by atoms with van der Waals surface area (Å²) in [5, 5.41) is 2.88. The van der Waals surface area contributed by atoms with Gasteiger partial charge in [0, 0.05) is 6.54 Å². The number of hydrogen-bond acceptors (Lipinski definition) is 1. The summed E-state index contributed by atoms with van der Waals surface area (Å²) < 4.78 is 39.2. The van der Waals surface area contributed by atoms with Gasteiger partial charge in [-0.25, -0.2) is 13.2 Å². The molecule has 0 aliphatic rings. The van der Waals surface area contributed by atoms with Crippen LogP contribution in [0.3, 0.4) is 0 Å². The average molecular weight is 251 g/mol. The van der Waals surface area contributed by atoms with Crippen LogP contribution < -0.4 is 5.32 Å². The van der Waals surface area contributed by atoms with Gasteiger partial charge in [0.05, 0.1) is 5.69 Å². The summed E-state index contributed by atoms with van der Waals surface area (Å²) in [6.07, 6.45) is 0. The predicted octanol–water partition coefficient (Wildman–Crippen LogP) is 4.02. The fraction of sp³-hybridized carbons (Fsp3) is 0.143. The van der Waals surface area contributed by atoms with Crippen molar-refractivity contribution >= 4 is 5.69 Å². The first-order chi connectivity index (χ1) is 8.58. The molecule has 0 saturated carbocycles. The van der Waals surface area contributed by atoms with E-state index in [4.69, 9.17) is 0 Å². The Morgan fingerprint density at radius 2 is 1.72 bits per heavy atom. The van der Waals surface area contributed by atoms with E-state index in [1.807, 2.05) is 0 Å². The van der Waals surface area contributed by atoms with Gasteiger partial charge in [-0.05, 0) is 36.2 Å². The molecule has 1 N–H and O–H groups in total. The standard InChI is InChI=1S/C14H12F3N/c1-9-3-2-4-12(16)14(9)18-8-10-5-6-11(15)13(17)7-10/h2-7,18H,8H2,1H3. The smallest absolute Gasteiger partial charge is 0.159 e. The van der Waals surface area contributed by atoms with E-state index in [-0.39, 0.29) is 12.4 Å². The monoisotopic (exact) mass is 251 g/mol. The average Bonchev–Trinajstić information content (AvgIpc) is 2.33. The Morgan fingerprint density at radius 3 is 2.39 bits per heavy atom. The van der Waals surface area contributed by atoms with Crippen molar-refractivity contribution in [3.8, 4) is 0 Å². The molecule has 0 aliphatic heterocycles.